The molecule has 2 heteroatoms. The van der Waals surface area contributed by atoms with Gasteiger partial charge in [-0.25, -0.2) is 0 Å². The lowest BCUT2D eigenvalue weighted by molar-refractivity contribution is -0.00851. The number of hydrogen-bond acceptors (Lipinski definition) is 2. The molecule has 0 heterocycles. The van der Waals surface area contributed by atoms with Crippen LogP contribution in [-0.4, -0.2) is 24.4 Å². The van der Waals surface area contributed by atoms with E-state index >= 15 is 0 Å². The first-order valence-electron chi connectivity index (χ1n) is 5.08. The summed E-state index contributed by atoms with van der Waals surface area (Å²) in [7, 11) is 0. The van der Waals surface area contributed by atoms with E-state index in [-0.39, 0.29) is 5.41 Å². The molecule has 0 aliphatic heterocycles. The molecule has 0 aromatic rings. The largest absolute Gasteiger partial charge is 0.380 e. The van der Waals surface area contributed by atoms with E-state index in [9.17, 15) is 5.11 Å². The van der Waals surface area contributed by atoms with Crippen molar-refractivity contribution in [3.8, 4) is 12.3 Å². The van der Waals surface area contributed by atoms with E-state index in [1.165, 1.54) is 0 Å². The van der Waals surface area contributed by atoms with Gasteiger partial charge >= 0.3 is 0 Å². The molecule has 1 aliphatic carbocycles. The Morgan fingerprint density at radius 2 is 2.21 bits per heavy atom. The van der Waals surface area contributed by atoms with Gasteiger partial charge in [-0.15, -0.1) is 13.0 Å². The lowest BCUT2D eigenvalue weighted by Crippen LogP contribution is -2.36. The molecule has 1 atom stereocenters. The third-order valence-corrected chi connectivity index (χ3v) is 2.96. The Hall–Kier alpha value is -0.780. The average Bonchev–Trinajstić information content (AvgIpc) is 2.67. The first-order chi connectivity index (χ1) is 6.75. The minimum atomic E-state index is -0.671. The Morgan fingerprint density at radius 3 is 2.71 bits per heavy atom. The van der Waals surface area contributed by atoms with E-state index in [1.54, 1.807) is 6.08 Å². The van der Waals surface area contributed by atoms with Gasteiger partial charge in [0.2, 0.25) is 0 Å². The molecule has 14 heavy (non-hydrogen) atoms. The molecule has 0 spiro atoms. The first-order valence-corrected chi connectivity index (χ1v) is 5.08. The number of terminal acetylenes is 1. The number of aliphatic hydroxyl groups is 1. The van der Waals surface area contributed by atoms with Gasteiger partial charge in [0.05, 0.1) is 13.2 Å². The molecule has 2 nitrogen and oxygen atoms in total. The molecule has 0 amide bonds. The maximum Gasteiger partial charge on any atom is 0.122 e. The minimum Gasteiger partial charge on any atom is -0.380 e. The molecular formula is C12H18O2. The maximum atomic E-state index is 9.77. The molecule has 1 N–H and O–H groups in total. The lowest BCUT2D eigenvalue weighted by atomic mass is 9.81. The van der Waals surface area contributed by atoms with Crippen molar-refractivity contribution in [1.29, 1.82) is 0 Å². The molecule has 0 radical (unpaired) electrons. The summed E-state index contributed by atoms with van der Waals surface area (Å²) in [6, 6.07) is 0. The van der Waals surface area contributed by atoms with Crippen molar-refractivity contribution in [1.82, 2.24) is 0 Å². The van der Waals surface area contributed by atoms with Crippen molar-refractivity contribution in [2.75, 3.05) is 13.2 Å². The Balaban J connectivity index is 2.53. The summed E-state index contributed by atoms with van der Waals surface area (Å²) in [5, 5.41) is 9.77. The topological polar surface area (TPSA) is 29.5 Å². The molecule has 1 saturated carbocycles. The van der Waals surface area contributed by atoms with Gasteiger partial charge in [-0.05, 0) is 12.8 Å². The molecule has 0 saturated heterocycles. The number of hydrogen-bond donors (Lipinski definition) is 1. The number of ether oxygens (including phenoxy) is 1. The molecule has 0 aromatic carbocycles. The van der Waals surface area contributed by atoms with Crippen molar-refractivity contribution in [3.63, 3.8) is 0 Å². The monoisotopic (exact) mass is 194 g/mol. The predicted molar refractivity (Wildman–Crippen MR) is 56.8 cm³/mol. The van der Waals surface area contributed by atoms with Crippen LogP contribution in [-0.2, 0) is 4.74 Å². The Labute approximate surface area is 86.0 Å². The van der Waals surface area contributed by atoms with Crippen LogP contribution in [0.25, 0.3) is 0 Å². The second kappa shape index (κ2) is 5.19. The second-order valence-corrected chi connectivity index (χ2v) is 3.94. The standard InChI is InChI=1S/C12H18O2/c1-3-9-14-10-12(11(13)4-2)7-5-6-8-12/h2-3,11,13H,1,5-10H2. The highest BCUT2D eigenvalue weighted by Crippen LogP contribution is 2.41. The highest BCUT2D eigenvalue weighted by Gasteiger charge is 2.40. The van der Waals surface area contributed by atoms with Crippen LogP contribution in [0.2, 0.25) is 0 Å². The van der Waals surface area contributed by atoms with E-state index in [0.717, 1.165) is 25.7 Å². The van der Waals surface area contributed by atoms with Crippen molar-refractivity contribution in [2.45, 2.75) is 31.8 Å². The summed E-state index contributed by atoms with van der Waals surface area (Å²) in [6.07, 6.45) is 10.5. The zero-order valence-corrected chi connectivity index (χ0v) is 8.54. The van der Waals surface area contributed by atoms with Crippen LogP contribution >= 0.6 is 0 Å². The quantitative estimate of drug-likeness (QED) is 0.410. The highest BCUT2D eigenvalue weighted by molar-refractivity contribution is 5.06. The smallest absolute Gasteiger partial charge is 0.122 e. The van der Waals surface area contributed by atoms with Crippen molar-refractivity contribution < 1.29 is 9.84 Å². The molecular weight excluding hydrogens is 176 g/mol. The third-order valence-electron chi connectivity index (χ3n) is 2.96. The lowest BCUT2D eigenvalue weighted by Gasteiger charge is -2.30. The fourth-order valence-electron chi connectivity index (χ4n) is 2.10. The van der Waals surface area contributed by atoms with E-state index < -0.39 is 6.10 Å². The van der Waals surface area contributed by atoms with Gasteiger partial charge in [0.1, 0.15) is 6.10 Å². The zero-order valence-electron chi connectivity index (χ0n) is 8.54. The van der Waals surface area contributed by atoms with E-state index in [0.29, 0.717) is 13.2 Å². The van der Waals surface area contributed by atoms with Gasteiger partial charge in [0, 0.05) is 5.41 Å². The summed E-state index contributed by atoms with van der Waals surface area (Å²) in [5.74, 6) is 2.42. The molecule has 0 bridgehead atoms. The minimum absolute atomic E-state index is 0.197. The van der Waals surface area contributed by atoms with Crippen LogP contribution < -0.4 is 0 Å². The van der Waals surface area contributed by atoms with Crippen LogP contribution in [0.15, 0.2) is 12.7 Å². The van der Waals surface area contributed by atoms with E-state index in [4.69, 9.17) is 11.2 Å². The SMILES string of the molecule is C#CC(O)C1(COCC=C)CCCC1. The summed E-state index contributed by atoms with van der Waals surface area (Å²) in [4.78, 5) is 0. The zero-order chi connectivity index (χ0) is 10.4. The Bertz CT molecular complexity index is 221. The van der Waals surface area contributed by atoms with E-state index in [1.807, 2.05) is 0 Å². The number of rotatable bonds is 5. The van der Waals surface area contributed by atoms with Gasteiger partial charge in [-0.3, -0.25) is 0 Å². The third kappa shape index (κ3) is 2.37. The summed E-state index contributed by atoms with van der Waals surface area (Å²) in [5.41, 5.74) is -0.197. The predicted octanol–water partition coefficient (Wildman–Crippen LogP) is 1.74. The average molecular weight is 194 g/mol. The van der Waals surface area contributed by atoms with Crippen LogP contribution in [0.3, 0.4) is 0 Å². The molecule has 0 aromatic heterocycles. The molecule has 1 aliphatic rings. The summed E-state index contributed by atoms with van der Waals surface area (Å²) in [6.45, 7) is 4.66. The van der Waals surface area contributed by atoms with Gasteiger partial charge in [0.25, 0.3) is 0 Å². The molecule has 1 unspecified atom stereocenters. The fraction of sp³-hybridized carbons (Fsp3) is 0.667. The highest BCUT2D eigenvalue weighted by atomic mass is 16.5. The van der Waals surface area contributed by atoms with Crippen molar-refractivity contribution in [2.24, 2.45) is 5.41 Å². The van der Waals surface area contributed by atoms with Crippen LogP contribution in [0.1, 0.15) is 25.7 Å². The van der Waals surface area contributed by atoms with Gasteiger partial charge in [-0.2, -0.15) is 0 Å². The second-order valence-electron chi connectivity index (χ2n) is 3.94. The van der Waals surface area contributed by atoms with Gasteiger partial charge in [-0.1, -0.05) is 24.8 Å². The Kier molecular flexibility index (Phi) is 4.19. The van der Waals surface area contributed by atoms with Crippen LogP contribution in [0, 0.1) is 17.8 Å². The van der Waals surface area contributed by atoms with Crippen LogP contribution in [0.5, 0.6) is 0 Å². The summed E-state index contributed by atoms with van der Waals surface area (Å²) < 4.78 is 5.42. The molecule has 1 fully saturated rings. The first kappa shape index (κ1) is 11.3. The van der Waals surface area contributed by atoms with Crippen molar-refractivity contribution >= 4 is 0 Å². The summed E-state index contributed by atoms with van der Waals surface area (Å²) >= 11 is 0. The van der Waals surface area contributed by atoms with Crippen LogP contribution in [0.4, 0.5) is 0 Å². The molecule has 78 valence electrons. The van der Waals surface area contributed by atoms with Gasteiger partial charge < -0.3 is 9.84 Å². The van der Waals surface area contributed by atoms with Gasteiger partial charge in [0.15, 0.2) is 0 Å². The molecule has 1 rings (SSSR count). The normalized spacial score (nSPS) is 21.4. The maximum absolute atomic E-state index is 9.77. The van der Waals surface area contributed by atoms with E-state index in [2.05, 4.69) is 12.5 Å². The Morgan fingerprint density at radius 1 is 1.57 bits per heavy atom. The van der Waals surface area contributed by atoms with Crippen molar-refractivity contribution in [3.05, 3.63) is 12.7 Å². The number of aliphatic hydroxyl groups excluding tert-OH is 1. The fourth-order valence-corrected chi connectivity index (χ4v) is 2.10.